The van der Waals surface area contributed by atoms with E-state index >= 15 is 0 Å². The lowest BCUT2D eigenvalue weighted by Crippen LogP contribution is -2.41. The quantitative estimate of drug-likeness (QED) is 0.529. The number of hydrogen-bond donors (Lipinski definition) is 0. The molecule has 0 spiro atoms. The topological polar surface area (TPSA) is 61.3 Å². The van der Waals surface area contributed by atoms with Gasteiger partial charge in [0.2, 0.25) is 5.88 Å². The van der Waals surface area contributed by atoms with Crippen LogP contribution in [0.15, 0.2) is 24.5 Å². The summed E-state index contributed by atoms with van der Waals surface area (Å²) < 4.78 is 11.4. The molecule has 1 aliphatic rings. The number of fused-ring (bicyclic) bond motifs is 1. The zero-order valence-electron chi connectivity index (χ0n) is 18.8. The fraction of sp³-hybridized carbons (Fsp3) is 0.480. The number of nitrogens with zero attached hydrogens (tertiary/aromatic N) is 2. The van der Waals surface area contributed by atoms with Gasteiger partial charge in [-0.05, 0) is 62.1 Å². The van der Waals surface area contributed by atoms with E-state index in [4.69, 9.17) is 9.47 Å². The number of esters is 1. The van der Waals surface area contributed by atoms with Crippen LogP contribution in [-0.2, 0) is 16.6 Å². The summed E-state index contributed by atoms with van der Waals surface area (Å²) in [7, 11) is 0. The molecule has 0 N–H and O–H groups in total. The summed E-state index contributed by atoms with van der Waals surface area (Å²) in [5.74, 6) is 7.19. The Hall–Kier alpha value is -2.87. The largest absolute Gasteiger partial charge is 0.488 e. The lowest BCUT2D eigenvalue weighted by atomic mass is 9.73. The number of hydrogen-bond acceptors (Lipinski definition) is 5. The summed E-state index contributed by atoms with van der Waals surface area (Å²) >= 11 is 0. The maximum absolute atomic E-state index is 11.6. The van der Waals surface area contributed by atoms with Crippen LogP contribution < -0.4 is 9.47 Å². The van der Waals surface area contributed by atoms with Gasteiger partial charge in [0, 0.05) is 17.5 Å². The maximum atomic E-state index is 11.6. The van der Waals surface area contributed by atoms with Crippen molar-refractivity contribution >= 4 is 5.97 Å². The Labute approximate surface area is 179 Å². The number of carbonyl (C=O) groups is 1. The third-order valence-electron chi connectivity index (χ3n) is 5.20. The molecule has 3 rings (SSSR count). The van der Waals surface area contributed by atoms with Crippen molar-refractivity contribution in [2.24, 2.45) is 0 Å². The highest BCUT2D eigenvalue weighted by molar-refractivity contribution is 5.71. The van der Waals surface area contributed by atoms with Crippen LogP contribution in [0.3, 0.4) is 0 Å². The van der Waals surface area contributed by atoms with Crippen LogP contribution >= 0.6 is 0 Å². The molecule has 0 saturated heterocycles. The predicted octanol–water partition coefficient (Wildman–Crippen LogP) is 4.98. The van der Waals surface area contributed by atoms with Crippen LogP contribution in [-0.4, -0.2) is 21.5 Å². The Kier molecular flexibility index (Phi) is 6.17. The smallest absolute Gasteiger partial charge is 0.312 e. The average molecular weight is 407 g/mol. The van der Waals surface area contributed by atoms with E-state index in [2.05, 4.69) is 68.6 Å². The first-order valence-electron chi connectivity index (χ1n) is 10.5. The highest BCUT2D eigenvalue weighted by Crippen LogP contribution is 2.45. The zero-order valence-corrected chi connectivity index (χ0v) is 18.8. The summed E-state index contributed by atoms with van der Waals surface area (Å²) in [6.07, 6.45) is 5.86. The highest BCUT2D eigenvalue weighted by Gasteiger charge is 2.39. The van der Waals surface area contributed by atoms with Crippen LogP contribution in [0, 0.1) is 11.8 Å². The van der Waals surface area contributed by atoms with Crippen LogP contribution in [0.25, 0.3) is 0 Å². The van der Waals surface area contributed by atoms with Gasteiger partial charge in [-0.3, -0.25) is 4.79 Å². The van der Waals surface area contributed by atoms with Gasteiger partial charge in [-0.1, -0.05) is 33.6 Å². The molecule has 2 heterocycles. The van der Waals surface area contributed by atoms with Gasteiger partial charge >= 0.3 is 5.97 Å². The summed E-state index contributed by atoms with van der Waals surface area (Å²) in [4.78, 5) is 20.0. The van der Waals surface area contributed by atoms with Crippen molar-refractivity contribution in [3.05, 3.63) is 46.9 Å². The van der Waals surface area contributed by atoms with Crippen molar-refractivity contribution in [2.75, 3.05) is 0 Å². The van der Waals surface area contributed by atoms with Gasteiger partial charge in [0.1, 0.15) is 17.0 Å². The van der Waals surface area contributed by atoms with Crippen molar-refractivity contribution in [3.63, 3.8) is 0 Å². The van der Waals surface area contributed by atoms with E-state index in [9.17, 15) is 4.79 Å². The summed E-state index contributed by atoms with van der Waals surface area (Å²) in [5.41, 5.74) is 3.66. The summed E-state index contributed by atoms with van der Waals surface area (Å²) in [6, 6.07) is 4.29. The standard InChI is InChI=1S/C25H30N2O3/c1-7-9-23(28)29-22-15-26-19(14-27-22)11-10-18-12-20-21(13-17(18)8-2)30-25(5,6)16-24(20,3)4/h12-15H,7-9,16H2,1-6H3. The molecular formula is C25H30N2O3. The van der Waals surface area contributed by atoms with Crippen LogP contribution in [0.5, 0.6) is 11.6 Å². The third kappa shape index (κ3) is 4.99. The number of aromatic nitrogens is 2. The second-order valence-corrected chi connectivity index (χ2v) is 9.00. The summed E-state index contributed by atoms with van der Waals surface area (Å²) in [6.45, 7) is 12.8. The lowest BCUT2D eigenvalue weighted by Gasteiger charge is -2.42. The van der Waals surface area contributed by atoms with Crippen molar-refractivity contribution < 1.29 is 14.3 Å². The minimum Gasteiger partial charge on any atom is -0.488 e. The second kappa shape index (κ2) is 8.47. The number of carbonyl (C=O) groups excluding carboxylic acids is 1. The molecule has 158 valence electrons. The van der Waals surface area contributed by atoms with E-state index in [0.29, 0.717) is 12.1 Å². The molecule has 0 fully saturated rings. The van der Waals surface area contributed by atoms with E-state index in [1.165, 1.54) is 18.0 Å². The minimum absolute atomic E-state index is 0.00358. The van der Waals surface area contributed by atoms with Crippen molar-refractivity contribution in [1.82, 2.24) is 9.97 Å². The Morgan fingerprint density at radius 2 is 1.90 bits per heavy atom. The first-order chi connectivity index (χ1) is 14.1. The second-order valence-electron chi connectivity index (χ2n) is 9.00. The third-order valence-corrected chi connectivity index (χ3v) is 5.20. The fourth-order valence-electron chi connectivity index (χ4n) is 4.07. The molecule has 0 amide bonds. The van der Waals surface area contributed by atoms with E-state index in [-0.39, 0.29) is 22.9 Å². The van der Waals surface area contributed by atoms with Crippen molar-refractivity contribution in [3.8, 4) is 23.5 Å². The first kappa shape index (κ1) is 21.8. The molecule has 0 aliphatic carbocycles. The van der Waals surface area contributed by atoms with E-state index in [1.54, 1.807) is 0 Å². The van der Waals surface area contributed by atoms with E-state index in [1.807, 2.05) is 6.92 Å². The number of ether oxygens (including phenoxy) is 2. The van der Waals surface area contributed by atoms with Gasteiger partial charge in [0.25, 0.3) is 0 Å². The average Bonchev–Trinajstić information content (AvgIpc) is 2.65. The molecule has 0 saturated carbocycles. The molecule has 0 bridgehead atoms. The highest BCUT2D eigenvalue weighted by atomic mass is 16.5. The Bertz CT molecular complexity index is 996. The van der Waals surface area contributed by atoms with Gasteiger partial charge < -0.3 is 9.47 Å². The molecule has 0 radical (unpaired) electrons. The molecule has 1 aromatic carbocycles. The molecule has 0 atom stereocenters. The number of rotatable bonds is 4. The molecular weight excluding hydrogens is 376 g/mol. The Morgan fingerprint density at radius 3 is 2.53 bits per heavy atom. The monoisotopic (exact) mass is 406 g/mol. The zero-order chi connectivity index (χ0) is 21.9. The van der Waals surface area contributed by atoms with Crippen LogP contribution in [0.4, 0.5) is 0 Å². The van der Waals surface area contributed by atoms with E-state index in [0.717, 1.165) is 36.1 Å². The number of benzene rings is 1. The molecule has 5 nitrogen and oxygen atoms in total. The molecule has 1 aromatic heterocycles. The van der Waals surface area contributed by atoms with E-state index < -0.39 is 0 Å². The predicted molar refractivity (Wildman–Crippen MR) is 117 cm³/mol. The Balaban J connectivity index is 1.88. The minimum atomic E-state index is -0.305. The van der Waals surface area contributed by atoms with Gasteiger partial charge in [-0.25, -0.2) is 9.97 Å². The van der Waals surface area contributed by atoms with Crippen molar-refractivity contribution in [2.45, 2.75) is 78.2 Å². The Morgan fingerprint density at radius 1 is 1.13 bits per heavy atom. The fourth-order valence-corrected chi connectivity index (χ4v) is 4.07. The summed E-state index contributed by atoms with van der Waals surface area (Å²) in [5, 5.41) is 0. The van der Waals surface area contributed by atoms with Crippen molar-refractivity contribution in [1.29, 1.82) is 0 Å². The van der Waals surface area contributed by atoms with Gasteiger partial charge in [0.15, 0.2) is 0 Å². The maximum Gasteiger partial charge on any atom is 0.312 e. The first-order valence-corrected chi connectivity index (χ1v) is 10.5. The van der Waals surface area contributed by atoms with Gasteiger partial charge in [0.05, 0.1) is 12.4 Å². The molecule has 1 aliphatic heterocycles. The molecule has 0 unspecified atom stereocenters. The number of aryl methyl sites for hydroxylation is 1. The molecule has 2 aromatic rings. The molecule has 30 heavy (non-hydrogen) atoms. The van der Waals surface area contributed by atoms with Crippen LogP contribution in [0.1, 0.15) is 83.2 Å². The van der Waals surface area contributed by atoms with Gasteiger partial charge in [-0.15, -0.1) is 0 Å². The SMILES string of the molecule is CCCC(=O)Oc1cnc(C#Cc2cc3c(cc2CC)OC(C)(C)CC3(C)C)cn1. The van der Waals surface area contributed by atoms with Crippen LogP contribution in [0.2, 0.25) is 0 Å². The molecule has 5 heteroatoms. The normalized spacial score (nSPS) is 15.9. The van der Waals surface area contributed by atoms with Gasteiger partial charge in [-0.2, -0.15) is 0 Å². The lowest BCUT2D eigenvalue weighted by molar-refractivity contribution is -0.134.